The van der Waals surface area contributed by atoms with E-state index < -0.39 is 0 Å². The van der Waals surface area contributed by atoms with Crippen molar-refractivity contribution in [2.75, 3.05) is 0 Å². The first-order chi connectivity index (χ1) is 5.79. The van der Waals surface area contributed by atoms with E-state index in [1.54, 1.807) is 5.57 Å². The van der Waals surface area contributed by atoms with E-state index in [1.165, 1.54) is 31.3 Å². The van der Waals surface area contributed by atoms with Crippen LogP contribution < -0.4 is 0 Å². The molecule has 0 aliphatic carbocycles. The van der Waals surface area contributed by atoms with Crippen molar-refractivity contribution in [3.8, 4) is 0 Å². The maximum Gasteiger partial charge on any atom is -0.0308 e. The third-order valence-corrected chi connectivity index (χ3v) is 2.34. The van der Waals surface area contributed by atoms with E-state index in [2.05, 4.69) is 27.4 Å². The van der Waals surface area contributed by atoms with Gasteiger partial charge in [0.25, 0.3) is 0 Å². The number of hydrogen-bond acceptors (Lipinski definition) is 0. The first-order valence-corrected chi connectivity index (χ1v) is 5.13. The number of hydrogen-bond donors (Lipinski definition) is 0. The van der Waals surface area contributed by atoms with E-state index in [-0.39, 0.29) is 0 Å². The summed E-state index contributed by atoms with van der Waals surface area (Å²) in [5.41, 5.74) is 3.07. The van der Waals surface area contributed by atoms with Gasteiger partial charge in [-0.05, 0) is 31.3 Å². The molecule has 70 valence electrons. The first-order valence-electron chi connectivity index (χ1n) is 5.13. The lowest BCUT2D eigenvalue weighted by Gasteiger charge is -2.08. The lowest BCUT2D eigenvalue weighted by atomic mass is 9.98. The summed E-state index contributed by atoms with van der Waals surface area (Å²) in [6.45, 7) is 10.5. The van der Waals surface area contributed by atoms with E-state index in [0.717, 1.165) is 6.42 Å². The van der Waals surface area contributed by atoms with E-state index >= 15 is 0 Å². The van der Waals surface area contributed by atoms with Gasteiger partial charge in [0.2, 0.25) is 0 Å². The van der Waals surface area contributed by atoms with Gasteiger partial charge in [0.15, 0.2) is 0 Å². The minimum atomic E-state index is 1.14. The van der Waals surface area contributed by atoms with Crippen LogP contribution in [0.3, 0.4) is 0 Å². The minimum Gasteiger partial charge on any atom is -0.0988 e. The van der Waals surface area contributed by atoms with Gasteiger partial charge in [-0.1, -0.05) is 45.4 Å². The summed E-state index contributed by atoms with van der Waals surface area (Å²) in [5.74, 6) is 0. The van der Waals surface area contributed by atoms with Crippen LogP contribution in [0.1, 0.15) is 52.9 Å². The van der Waals surface area contributed by atoms with Crippen molar-refractivity contribution in [2.24, 2.45) is 0 Å². The second kappa shape index (κ2) is 7.15. The summed E-state index contributed by atoms with van der Waals surface area (Å²) in [6, 6.07) is 0. The highest BCUT2D eigenvalue weighted by Crippen LogP contribution is 2.19. The zero-order valence-electron chi connectivity index (χ0n) is 8.82. The Kier molecular flexibility index (Phi) is 6.84. The first kappa shape index (κ1) is 11.5. The average Bonchev–Trinajstić information content (AvgIpc) is 2.12. The zero-order chi connectivity index (χ0) is 9.40. The highest BCUT2D eigenvalue weighted by Gasteiger charge is 1.99. The molecule has 0 radical (unpaired) electrons. The van der Waals surface area contributed by atoms with Crippen LogP contribution >= 0.6 is 0 Å². The molecule has 0 aliphatic rings. The molecule has 0 aliphatic heterocycles. The van der Waals surface area contributed by atoms with Gasteiger partial charge >= 0.3 is 0 Å². The molecule has 0 unspecified atom stereocenters. The topological polar surface area (TPSA) is 0 Å². The fourth-order valence-electron chi connectivity index (χ4n) is 1.49. The van der Waals surface area contributed by atoms with Gasteiger partial charge < -0.3 is 0 Å². The maximum absolute atomic E-state index is 3.85. The summed E-state index contributed by atoms with van der Waals surface area (Å²) < 4.78 is 0. The van der Waals surface area contributed by atoms with Crippen LogP contribution in [0.4, 0.5) is 0 Å². The molecule has 0 heteroatoms. The van der Waals surface area contributed by atoms with Crippen molar-refractivity contribution in [2.45, 2.75) is 52.9 Å². The van der Waals surface area contributed by atoms with Crippen molar-refractivity contribution in [3.05, 3.63) is 23.8 Å². The molecule has 0 spiro atoms. The number of unbranched alkanes of at least 4 members (excludes halogenated alkanes) is 1. The summed E-state index contributed by atoms with van der Waals surface area (Å²) >= 11 is 0. The second-order valence-corrected chi connectivity index (χ2v) is 3.14. The largest absolute Gasteiger partial charge is 0.0988 e. The van der Waals surface area contributed by atoms with Gasteiger partial charge in [-0.25, -0.2) is 0 Å². The Bertz CT molecular complexity index is 151. The van der Waals surface area contributed by atoms with Crippen LogP contribution in [0.25, 0.3) is 0 Å². The molecule has 0 aromatic carbocycles. The molecule has 0 fully saturated rings. The van der Waals surface area contributed by atoms with Crippen molar-refractivity contribution < 1.29 is 0 Å². The summed E-state index contributed by atoms with van der Waals surface area (Å²) in [4.78, 5) is 0. The van der Waals surface area contributed by atoms with Crippen LogP contribution in [0.5, 0.6) is 0 Å². The number of rotatable bonds is 6. The highest BCUT2D eigenvalue weighted by molar-refractivity contribution is 5.23. The molecule has 0 aromatic rings. The Morgan fingerprint density at radius 1 is 1.17 bits per heavy atom. The Balaban J connectivity index is 4.24. The van der Waals surface area contributed by atoms with Crippen LogP contribution in [-0.4, -0.2) is 0 Å². The summed E-state index contributed by atoms with van der Waals surface area (Å²) in [7, 11) is 0. The highest BCUT2D eigenvalue weighted by atomic mass is 14.0. The summed E-state index contributed by atoms with van der Waals surface area (Å²) in [5, 5.41) is 0. The van der Waals surface area contributed by atoms with Crippen molar-refractivity contribution in [3.63, 3.8) is 0 Å². The molecule has 0 atom stereocenters. The molecule has 0 bridgehead atoms. The molecular formula is C12H22. The summed E-state index contributed by atoms with van der Waals surface area (Å²) in [6.07, 6.45) is 8.22. The maximum atomic E-state index is 3.85. The quantitative estimate of drug-likeness (QED) is 0.510. The van der Waals surface area contributed by atoms with Gasteiger partial charge in [0.1, 0.15) is 0 Å². The van der Waals surface area contributed by atoms with E-state index in [0.29, 0.717) is 0 Å². The fraction of sp³-hybridized carbons (Fsp3) is 0.667. The van der Waals surface area contributed by atoms with Gasteiger partial charge in [-0.15, -0.1) is 0 Å². The predicted octanol–water partition coefficient (Wildman–Crippen LogP) is 4.48. The average molecular weight is 166 g/mol. The fourth-order valence-corrected chi connectivity index (χ4v) is 1.49. The van der Waals surface area contributed by atoms with E-state index in [9.17, 15) is 0 Å². The van der Waals surface area contributed by atoms with Gasteiger partial charge in [-0.3, -0.25) is 0 Å². The van der Waals surface area contributed by atoms with Gasteiger partial charge in [-0.2, -0.15) is 0 Å². The molecule has 0 heterocycles. The Labute approximate surface area is 77.4 Å². The third kappa shape index (κ3) is 3.75. The van der Waals surface area contributed by atoms with Gasteiger partial charge in [0, 0.05) is 0 Å². The molecule has 0 rings (SSSR count). The van der Waals surface area contributed by atoms with Crippen molar-refractivity contribution >= 4 is 0 Å². The molecular weight excluding hydrogens is 144 g/mol. The van der Waals surface area contributed by atoms with Crippen LogP contribution in [0.2, 0.25) is 0 Å². The number of allylic oxidation sites excluding steroid dienone is 3. The normalized spacial score (nSPS) is 12.6. The monoisotopic (exact) mass is 166 g/mol. The van der Waals surface area contributed by atoms with Crippen molar-refractivity contribution in [1.29, 1.82) is 0 Å². The smallest absolute Gasteiger partial charge is 0.0308 e. The Morgan fingerprint density at radius 3 is 2.17 bits per heavy atom. The molecule has 0 nitrogen and oxygen atoms in total. The molecule has 0 saturated carbocycles. The lowest BCUT2D eigenvalue weighted by Crippen LogP contribution is -1.88. The van der Waals surface area contributed by atoms with Crippen LogP contribution in [0, 0.1) is 0 Å². The van der Waals surface area contributed by atoms with Crippen LogP contribution in [0.15, 0.2) is 23.8 Å². The Morgan fingerprint density at radius 2 is 1.83 bits per heavy atom. The van der Waals surface area contributed by atoms with Crippen LogP contribution in [-0.2, 0) is 0 Å². The second-order valence-electron chi connectivity index (χ2n) is 3.14. The molecule has 0 amide bonds. The molecule has 0 saturated heterocycles. The molecule has 0 aromatic heterocycles. The van der Waals surface area contributed by atoms with Crippen molar-refractivity contribution in [1.82, 2.24) is 0 Å². The SMILES string of the molecule is C=C/C(CC)=C(\CC)CCCC. The minimum absolute atomic E-state index is 1.14. The zero-order valence-corrected chi connectivity index (χ0v) is 8.82. The predicted molar refractivity (Wildman–Crippen MR) is 57.3 cm³/mol. The lowest BCUT2D eigenvalue weighted by molar-refractivity contribution is 0.756. The third-order valence-electron chi connectivity index (χ3n) is 2.34. The van der Waals surface area contributed by atoms with Gasteiger partial charge in [0.05, 0.1) is 0 Å². The molecule has 12 heavy (non-hydrogen) atoms. The molecule has 0 N–H and O–H groups in total. The Hall–Kier alpha value is -0.520. The standard InChI is InChI=1S/C12H22/c1-5-9-10-12(8-4)11(6-2)7-3/h6H,2,5,7-10H2,1,3-4H3/b12-11-. The van der Waals surface area contributed by atoms with E-state index in [1.807, 2.05) is 6.08 Å². The van der Waals surface area contributed by atoms with E-state index in [4.69, 9.17) is 0 Å².